The fourth-order valence-electron chi connectivity index (χ4n) is 4.40. The average molecular weight is 428 g/mol. The third kappa shape index (κ3) is 6.57. The van der Waals surface area contributed by atoms with E-state index < -0.39 is 0 Å². The van der Waals surface area contributed by atoms with Gasteiger partial charge in [-0.05, 0) is 52.0 Å². The minimum atomic E-state index is 0.0900. The molecule has 2 atom stereocenters. The van der Waals surface area contributed by atoms with Gasteiger partial charge in [-0.2, -0.15) is 0 Å². The first-order valence-corrected chi connectivity index (χ1v) is 11.5. The van der Waals surface area contributed by atoms with Crippen LogP contribution in [0.25, 0.3) is 0 Å². The maximum Gasteiger partial charge on any atom is 0.236 e. The fraction of sp³-hybridized carbons (Fsp3) is 0.600. The van der Waals surface area contributed by atoms with Crippen LogP contribution in [0.3, 0.4) is 0 Å². The summed E-state index contributed by atoms with van der Waals surface area (Å²) in [7, 11) is 0. The Labute approximate surface area is 186 Å². The smallest absolute Gasteiger partial charge is 0.236 e. The highest BCUT2D eigenvalue weighted by Crippen LogP contribution is 2.29. The molecule has 1 aromatic rings. The fourth-order valence-corrected chi connectivity index (χ4v) is 4.40. The van der Waals surface area contributed by atoms with Crippen molar-refractivity contribution in [3.05, 3.63) is 42.0 Å². The Morgan fingerprint density at radius 2 is 1.97 bits per heavy atom. The third-order valence-electron chi connectivity index (χ3n) is 6.19. The molecule has 6 heteroatoms. The Morgan fingerprint density at radius 3 is 2.71 bits per heavy atom. The molecule has 2 aliphatic rings. The number of hydrogen-bond acceptors (Lipinski definition) is 4. The van der Waals surface area contributed by atoms with Crippen LogP contribution >= 0.6 is 0 Å². The van der Waals surface area contributed by atoms with Gasteiger partial charge in [-0.25, -0.2) is 0 Å². The van der Waals surface area contributed by atoms with Gasteiger partial charge in [-0.1, -0.05) is 30.4 Å². The second kappa shape index (κ2) is 10.8. The predicted molar refractivity (Wildman–Crippen MR) is 123 cm³/mol. The molecule has 1 N–H and O–H groups in total. The number of piperidine rings is 1. The van der Waals surface area contributed by atoms with E-state index in [9.17, 15) is 9.59 Å². The summed E-state index contributed by atoms with van der Waals surface area (Å²) in [5.41, 5.74) is 1.10. The van der Waals surface area contributed by atoms with Gasteiger partial charge in [-0.3, -0.25) is 14.5 Å². The largest absolute Gasteiger partial charge is 0.489 e. The number of carbonyl (C=O) groups is 2. The van der Waals surface area contributed by atoms with Crippen molar-refractivity contribution in [1.82, 2.24) is 15.1 Å². The van der Waals surface area contributed by atoms with E-state index in [1.807, 2.05) is 43.0 Å². The first-order chi connectivity index (χ1) is 14.8. The van der Waals surface area contributed by atoms with E-state index in [0.717, 1.165) is 17.7 Å². The summed E-state index contributed by atoms with van der Waals surface area (Å²) < 4.78 is 6.07. The lowest BCUT2D eigenvalue weighted by molar-refractivity contribution is -0.135. The topological polar surface area (TPSA) is 61.9 Å². The molecule has 1 saturated heterocycles. The SMILES string of the molecule is CC(C)NC(=O)C[C@@H]1CCN2C[C@@H]1C=CCOc1ccccc1CN(C(C)C)CC2=O. The van der Waals surface area contributed by atoms with Crippen LogP contribution in [-0.2, 0) is 16.1 Å². The Morgan fingerprint density at radius 1 is 1.19 bits per heavy atom. The van der Waals surface area contributed by atoms with Gasteiger partial charge in [0.1, 0.15) is 12.4 Å². The summed E-state index contributed by atoms with van der Waals surface area (Å²) >= 11 is 0. The van der Waals surface area contributed by atoms with Gasteiger partial charge in [0, 0.05) is 43.7 Å². The van der Waals surface area contributed by atoms with Crippen molar-refractivity contribution in [3.63, 3.8) is 0 Å². The van der Waals surface area contributed by atoms with Gasteiger partial charge in [0.25, 0.3) is 0 Å². The van der Waals surface area contributed by atoms with Crippen LogP contribution < -0.4 is 10.1 Å². The van der Waals surface area contributed by atoms with Crippen molar-refractivity contribution in [3.8, 4) is 5.75 Å². The van der Waals surface area contributed by atoms with E-state index in [1.165, 1.54) is 0 Å². The van der Waals surface area contributed by atoms with Crippen molar-refractivity contribution in [2.75, 3.05) is 26.2 Å². The molecule has 2 aliphatic heterocycles. The van der Waals surface area contributed by atoms with Crippen LogP contribution in [0.1, 0.15) is 46.1 Å². The van der Waals surface area contributed by atoms with Gasteiger partial charge >= 0.3 is 0 Å². The molecule has 3 rings (SSSR count). The lowest BCUT2D eigenvalue weighted by Gasteiger charge is -2.38. The molecule has 0 aliphatic carbocycles. The Hall–Kier alpha value is -2.34. The average Bonchev–Trinajstić information content (AvgIpc) is 2.72. The summed E-state index contributed by atoms with van der Waals surface area (Å²) in [5.74, 6) is 1.50. The second-order valence-electron chi connectivity index (χ2n) is 9.32. The first kappa shape index (κ1) is 23.3. The molecule has 2 bridgehead atoms. The van der Waals surface area contributed by atoms with Gasteiger partial charge in [0.05, 0.1) is 6.54 Å². The number of carbonyl (C=O) groups excluding carboxylic acids is 2. The lowest BCUT2D eigenvalue weighted by Crippen LogP contribution is -2.48. The zero-order chi connectivity index (χ0) is 22.4. The molecule has 0 spiro atoms. The minimum Gasteiger partial charge on any atom is -0.489 e. The van der Waals surface area contributed by atoms with Gasteiger partial charge in [0.2, 0.25) is 11.8 Å². The molecule has 0 saturated carbocycles. The van der Waals surface area contributed by atoms with Crippen LogP contribution in [0.4, 0.5) is 0 Å². The molecular weight excluding hydrogens is 390 g/mol. The molecule has 0 aromatic heterocycles. The quantitative estimate of drug-likeness (QED) is 0.750. The zero-order valence-corrected chi connectivity index (χ0v) is 19.3. The predicted octanol–water partition coefficient (Wildman–Crippen LogP) is 3.23. The lowest BCUT2D eigenvalue weighted by atomic mass is 9.82. The second-order valence-corrected chi connectivity index (χ2v) is 9.32. The number of para-hydroxylation sites is 1. The molecule has 2 amide bonds. The zero-order valence-electron chi connectivity index (χ0n) is 19.3. The summed E-state index contributed by atoms with van der Waals surface area (Å²) in [6.07, 6.45) is 5.53. The Kier molecular flexibility index (Phi) is 8.13. The van der Waals surface area contributed by atoms with Crippen LogP contribution in [0, 0.1) is 11.8 Å². The van der Waals surface area contributed by atoms with Crippen LogP contribution in [0.2, 0.25) is 0 Å². The van der Waals surface area contributed by atoms with Crippen molar-refractivity contribution in [2.45, 2.75) is 59.2 Å². The summed E-state index contributed by atoms with van der Waals surface area (Å²) in [4.78, 5) is 29.7. The number of nitrogens with zero attached hydrogens (tertiary/aromatic N) is 2. The van der Waals surface area contributed by atoms with E-state index in [4.69, 9.17) is 4.74 Å². The minimum absolute atomic E-state index is 0.0900. The van der Waals surface area contributed by atoms with E-state index in [-0.39, 0.29) is 35.7 Å². The third-order valence-corrected chi connectivity index (χ3v) is 6.19. The first-order valence-electron chi connectivity index (χ1n) is 11.5. The number of amides is 2. The Balaban J connectivity index is 1.81. The maximum atomic E-state index is 13.2. The van der Waals surface area contributed by atoms with Crippen LogP contribution in [0.15, 0.2) is 36.4 Å². The monoisotopic (exact) mass is 427 g/mol. The summed E-state index contributed by atoms with van der Waals surface area (Å²) in [6, 6.07) is 8.44. The van der Waals surface area contributed by atoms with Gasteiger partial charge < -0.3 is 15.0 Å². The molecule has 0 unspecified atom stereocenters. The standard InChI is InChI=1S/C25H37N3O3/c1-18(2)26-24(29)14-20-11-12-27-15-21(20)9-7-13-31-23-10-6-5-8-22(23)16-28(19(3)4)17-25(27)30/h5-10,18-21H,11-17H2,1-4H3,(H,26,29)/t20-,21-/m0/s1. The van der Waals surface area contributed by atoms with Gasteiger partial charge in [-0.15, -0.1) is 0 Å². The number of ether oxygens (including phenoxy) is 1. The molecule has 6 nitrogen and oxygen atoms in total. The highest BCUT2D eigenvalue weighted by molar-refractivity contribution is 5.79. The van der Waals surface area contributed by atoms with E-state index in [2.05, 4.69) is 36.2 Å². The maximum absolute atomic E-state index is 13.2. The van der Waals surface area contributed by atoms with E-state index >= 15 is 0 Å². The van der Waals surface area contributed by atoms with Crippen molar-refractivity contribution in [1.29, 1.82) is 0 Å². The molecule has 1 aromatic carbocycles. The van der Waals surface area contributed by atoms with Crippen molar-refractivity contribution in [2.24, 2.45) is 11.8 Å². The molecule has 2 heterocycles. The normalized spacial score (nSPS) is 22.9. The molecular formula is C25H37N3O3. The number of fused-ring (bicyclic) bond motifs is 3. The molecule has 0 radical (unpaired) electrons. The molecule has 170 valence electrons. The number of hydrogen-bond donors (Lipinski definition) is 1. The summed E-state index contributed by atoms with van der Waals surface area (Å²) in [6.45, 7) is 11.1. The van der Waals surface area contributed by atoms with E-state index in [0.29, 0.717) is 39.2 Å². The van der Waals surface area contributed by atoms with E-state index in [1.54, 1.807) is 0 Å². The number of benzene rings is 1. The van der Waals surface area contributed by atoms with Crippen LogP contribution in [0.5, 0.6) is 5.75 Å². The highest BCUT2D eigenvalue weighted by Gasteiger charge is 2.32. The Bertz CT molecular complexity index is 790. The highest BCUT2D eigenvalue weighted by atomic mass is 16.5. The molecule has 1 fully saturated rings. The number of nitrogens with one attached hydrogen (secondary N) is 1. The molecule has 31 heavy (non-hydrogen) atoms. The van der Waals surface area contributed by atoms with Crippen molar-refractivity contribution < 1.29 is 14.3 Å². The van der Waals surface area contributed by atoms with Crippen LogP contribution in [-0.4, -0.2) is 59.9 Å². The van der Waals surface area contributed by atoms with Gasteiger partial charge in [0.15, 0.2) is 0 Å². The number of rotatable bonds is 4. The van der Waals surface area contributed by atoms with Crippen molar-refractivity contribution >= 4 is 11.8 Å². The summed E-state index contributed by atoms with van der Waals surface area (Å²) in [5, 5.41) is 3.00.